The molecule has 1 aliphatic rings. The van der Waals surface area contributed by atoms with Crippen molar-refractivity contribution in [1.82, 2.24) is 0 Å². The summed E-state index contributed by atoms with van der Waals surface area (Å²) >= 11 is 0. The largest absolute Gasteiger partial charge is 0.469 e. The zero-order valence-electron chi connectivity index (χ0n) is 8.12. The topological polar surface area (TPSA) is 44.8 Å². The van der Waals surface area contributed by atoms with Gasteiger partial charge in [-0.05, 0) is 13.3 Å². The Balaban J connectivity index is 2.13. The molecule has 2 unspecified atom stereocenters. The van der Waals surface area contributed by atoms with Gasteiger partial charge < -0.3 is 14.2 Å². The number of rotatable bonds is 4. The maximum Gasteiger partial charge on any atom is 0.310 e. The third-order valence-corrected chi connectivity index (χ3v) is 2.07. The molecular weight excluding hydrogens is 172 g/mol. The summed E-state index contributed by atoms with van der Waals surface area (Å²) in [4.78, 5) is 11.0. The van der Waals surface area contributed by atoms with E-state index in [9.17, 15) is 4.79 Å². The summed E-state index contributed by atoms with van der Waals surface area (Å²) in [5.74, 6) is -0.412. The Kier molecular flexibility index (Phi) is 4.18. The van der Waals surface area contributed by atoms with E-state index in [4.69, 9.17) is 9.47 Å². The van der Waals surface area contributed by atoms with Crippen LogP contribution in [0.3, 0.4) is 0 Å². The third-order valence-electron chi connectivity index (χ3n) is 2.07. The monoisotopic (exact) mass is 188 g/mol. The predicted molar refractivity (Wildman–Crippen MR) is 46.4 cm³/mol. The minimum atomic E-state index is -0.223. The molecule has 0 aliphatic carbocycles. The average molecular weight is 188 g/mol. The van der Waals surface area contributed by atoms with E-state index in [1.165, 1.54) is 7.11 Å². The van der Waals surface area contributed by atoms with Gasteiger partial charge >= 0.3 is 5.97 Å². The molecule has 1 rings (SSSR count). The highest BCUT2D eigenvalue weighted by atomic mass is 16.6. The van der Waals surface area contributed by atoms with Crippen molar-refractivity contribution in [3.63, 3.8) is 0 Å². The van der Waals surface area contributed by atoms with Crippen LogP contribution in [0, 0.1) is 5.92 Å². The maximum absolute atomic E-state index is 11.0. The molecular formula is C9H16O4. The van der Waals surface area contributed by atoms with Crippen molar-refractivity contribution < 1.29 is 19.0 Å². The maximum atomic E-state index is 11.0. The highest BCUT2D eigenvalue weighted by Gasteiger charge is 2.19. The number of carbonyl (C=O) groups is 1. The van der Waals surface area contributed by atoms with Crippen LogP contribution in [0.15, 0.2) is 0 Å². The average Bonchev–Trinajstić information content (AvgIpc) is 2.65. The quantitative estimate of drug-likeness (QED) is 0.606. The molecule has 1 aliphatic heterocycles. The van der Waals surface area contributed by atoms with Gasteiger partial charge in [0.2, 0.25) is 0 Å². The summed E-state index contributed by atoms with van der Waals surface area (Å²) in [6, 6.07) is 0. The molecule has 4 heteroatoms. The van der Waals surface area contributed by atoms with Gasteiger partial charge in [0.05, 0.1) is 32.3 Å². The van der Waals surface area contributed by atoms with Gasteiger partial charge in [-0.25, -0.2) is 0 Å². The summed E-state index contributed by atoms with van der Waals surface area (Å²) in [5.41, 5.74) is 0. The normalized spacial score (nSPS) is 24.3. The SMILES string of the molecule is COC(=O)C(C)COC1CCOC1. The van der Waals surface area contributed by atoms with Crippen molar-refractivity contribution in [3.8, 4) is 0 Å². The lowest BCUT2D eigenvalue weighted by Gasteiger charge is -2.13. The van der Waals surface area contributed by atoms with Gasteiger partial charge in [0, 0.05) is 6.61 Å². The van der Waals surface area contributed by atoms with Crippen LogP contribution in [0.25, 0.3) is 0 Å². The Morgan fingerprint density at radius 1 is 1.69 bits per heavy atom. The van der Waals surface area contributed by atoms with Gasteiger partial charge in [-0.3, -0.25) is 4.79 Å². The van der Waals surface area contributed by atoms with Crippen molar-refractivity contribution in [2.24, 2.45) is 5.92 Å². The van der Waals surface area contributed by atoms with Crippen LogP contribution < -0.4 is 0 Å². The fourth-order valence-corrected chi connectivity index (χ4v) is 1.19. The smallest absolute Gasteiger partial charge is 0.310 e. The van der Waals surface area contributed by atoms with Gasteiger partial charge in [-0.1, -0.05) is 0 Å². The molecule has 0 aromatic carbocycles. The standard InChI is InChI=1S/C9H16O4/c1-7(9(10)11-2)5-13-8-3-4-12-6-8/h7-8H,3-6H2,1-2H3. The number of carbonyl (C=O) groups excluding carboxylic acids is 1. The lowest BCUT2D eigenvalue weighted by Crippen LogP contribution is -2.23. The lowest BCUT2D eigenvalue weighted by atomic mass is 10.2. The third kappa shape index (κ3) is 3.32. The minimum absolute atomic E-state index is 0.159. The van der Waals surface area contributed by atoms with Crippen LogP contribution in [0.4, 0.5) is 0 Å². The van der Waals surface area contributed by atoms with Crippen molar-refractivity contribution in [3.05, 3.63) is 0 Å². The second-order valence-corrected chi connectivity index (χ2v) is 3.24. The van der Waals surface area contributed by atoms with Crippen molar-refractivity contribution >= 4 is 5.97 Å². The van der Waals surface area contributed by atoms with E-state index in [1.54, 1.807) is 6.92 Å². The Morgan fingerprint density at radius 2 is 2.46 bits per heavy atom. The van der Waals surface area contributed by atoms with Crippen LogP contribution in [0.1, 0.15) is 13.3 Å². The number of esters is 1. The Labute approximate surface area is 78.2 Å². The molecule has 1 fully saturated rings. The fourth-order valence-electron chi connectivity index (χ4n) is 1.19. The van der Waals surface area contributed by atoms with Crippen LogP contribution in [-0.2, 0) is 19.0 Å². The van der Waals surface area contributed by atoms with Crippen molar-refractivity contribution in [2.75, 3.05) is 26.9 Å². The van der Waals surface area contributed by atoms with E-state index < -0.39 is 0 Å². The highest BCUT2D eigenvalue weighted by Crippen LogP contribution is 2.10. The van der Waals surface area contributed by atoms with Crippen LogP contribution in [0.2, 0.25) is 0 Å². The van der Waals surface area contributed by atoms with Gasteiger partial charge in [-0.15, -0.1) is 0 Å². The van der Waals surface area contributed by atoms with E-state index in [0.29, 0.717) is 13.2 Å². The number of ether oxygens (including phenoxy) is 3. The fraction of sp³-hybridized carbons (Fsp3) is 0.889. The van der Waals surface area contributed by atoms with E-state index >= 15 is 0 Å². The van der Waals surface area contributed by atoms with E-state index in [-0.39, 0.29) is 18.0 Å². The summed E-state index contributed by atoms with van der Waals surface area (Å²) in [6.45, 7) is 3.62. The van der Waals surface area contributed by atoms with Crippen LogP contribution in [0.5, 0.6) is 0 Å². The molecule has 1 saturated heterocycles. The first-order valence-corrected chi connectivity index (χ1v) is 4.51. The highest BCUT2D eigenvalue weighted by molar-refractivity contribution is 5.71. The van der Waals surface area contributed by atoms with Crippen molar-refractivity contribution in [1.29, 1.82) is 0 Å². The molecule has 13 heavy (non-hydrogen) atoms. The Hall–Kier alpha value is -0.610. The van der Waals surface area contributed by atoms with Gasteiger partial charge in [-0.2, -0.15) is 0 Å². The summed E-state index contributed by atoms with van der Waals surface area (Å²) in [7, 11) is 1.39. The summed E-state index contributed by atoms with van der Waals surface area (Å²) in [5, 5.41) is 0. The number of hydrogen-bond donors (Lipinski definition) is 0. The van der Waals surface area contributed by atoms with Crippen LogP contribution >= 0.6 is 0 Å². The van der Waals surface area contributed by atoms with Crippen LogP contribution in [-0.4, -0.2) is 39.0 Å². The molecule has 0 spiro atoms. The first kappa shape index (κ1) is 10.5. The molecule has 76 valence electrons. The molecule has 0 radical (unpaired) electrons. The predicted octanol–water partition coefficient (Wildman–Crippen LogP) is 0.601. The minimum Gasteiger partial charge on any atom is -0.469 e. The number of methoxy groups -OCH3 is 1. The molecule has 0 bridgehead atoms. The molecule has 0 saturated carbocycles. The van der Waals surface area contributed by atoms with E-state index in [2.05, 4.69) is 4.74 Å². The van der Waals surface area contributed by atoms with Crippen molar-refractivity contribution in [2.45, 2.75) is 19.4 Å². The zero-order chi connectivity index (χ0) is 9.68. The van der Waals surface area contributed by atoms with Gasteiger partial charge in [0.25, 0.3) is 0 Å². The molecule has 0 amide bonds. The lowest BCUT2D eigenvalue weighted by molar-refractivity contribution is -0.147. The second kappa shape index (κ2) is 5.19. The molecule has 4 nitrogen and oxygen atoms in total. The Bertz CT molecular complexity index is 163. The van der Waals surface area contributed by atoms with E-state index in [1.807, 2.05) is 0 Å². The zero-order valence-corrected chi connectivity index (χ0v) is 8.12. The summed E-state index contributed by atoms with van der Waals surface area (Å²) < 4.78 is 15.2. The number of hydrogen-bond acceptors (Lipinski definition) is 4. The molecule has 2 atom stereocenters. The molecule has 1 heterocycles. The molecule has 0 aromatic rings. The second-order valence-electron chi connectivity index (χ2n) is 3.24. The van der Waals surface area contributed by atoms with Gasteiger partial charge in [0.15, 0.2) is 0 Å². The first-order chi connectivity index (χ1) is 6.24. The van der Waals surface area contributed by atoms with E-state index in [0.717, 1.165) is 13.0 Å². The molecule has 0 aromatic heterocycles. The first-order valence-electron chi connectivity index (χ1n) is 4.51. The van der Waals surface area contributed by atoms with Gasteiger partial charge in [0.1, 0.15) is 0 Å². The summed E-state index contributed by atoms with van der Waals surface area (Å²) in [6.07, 6.45) is 1.08. The Morgan fingerprint density at radius 3 is 3.00 bits per heavy atom. The molecule has 0 N–H and O–H groups in total.